The maximum absolute atomic E-state index is 12.2. The molecule has 1 heterocycles. The summed E-state index contributed by atoms with van der Waals surface area (Å²) < 4.78 is 5.41. The van der Waals surface area contributed by atoms with E-state index in [4.69, 9.17) is 10.5 Å². The first-order chi connectivity index (χ1) is 9.13. The van der Waals surface area contributed by atoms with Crippen LogP contribution in [0.15, 0.2) is 24.3 Å². The summed E-state index contributed by atoms with van der Waals surface area (Å²) in [6.07, 6.45) is 0.980. The number of carbonyl (C=O) groups excluding carboxylic acids is 1. The fraction of sp³-hybridized carbons (Fsp3) is 0.533. The average molecular weight is 262 g/mol. The van der Waals surface area contributed by atoms with Gasteiger partial charge in [-0.05, 0) is 38.4 Å². The second-order valence-electron chi connectivity index (χ2n) is 5.20. The fourth-order valence-corrected chi connectivity index (χ4v) is 2.50. The molecule has 0 saturated carbocycles. The normalized spacial score (nSPS) is 17.9. The van der Waals surface area contributed by atoms with Crippen LogP contribution in [0.2, 0.25) is 0 Å². The van der Waals surface area contributed by atoms with Crippen LogP contribution < -0.4 is 10.6 Å². The first-order valence-corrected chi connectivity index (χ1v) is 6.84. The zero-order valence-electron chi connectivity index (χ0n) is 11.6. The Bertz CT molecular complexity index is 446. The third kappa shape index (κ3) is 3.14. The van der Waals surface area contributed by atoms with Crippen molar-refractivity contribution in [2.45, 2.75) is 32.3 Å². The van der Waals surface area contributed by atoms with E-state index in [1.54, 1.807) is 0 Å². The summed E-state index contributed by atoms with van der Waals surface area (Å²) in [5.41, 5.74) is 7.90. The largest absolute Gasteiger partial charge is 0.369 e. The molecule has 1 unspecified atom stereocenters. The second kappa shape index (κ2) is 6.17. The van der Waals surface area contributed by atoms with Crippen molar-refractivity contribution in [3.63, 3.8) is 0 Å². The Labute approximate surface area is 114 Å². The van der Waals surface area contributed by atoms with Crippen LogP contribution in [-0.4, -0.2) is 31.7 Å². The van der Waals surface area contributed by atoms with E-state index >= 15 is 0 Å². The number of para-hydroxylation sites is 1. The van der Waals surface area contributed by atoms with Crippen molar-refractivity contribution in [3.8, 4) is 0 Å². The molecule has 1 aliphatic heterocycles. The predicted molar refractivity (Wildman–Crippen MR) is 76.3 cm³/mol. The molecule has 0 aromatic heterocycles. The van der Waals surface area contributed by atoms with Crippen molar-refractivity contribution < 1.29 is 9.53 Å². The number of carbonyl (C=O) groups is 1. The van der Waals surface area contributed by atoms with E-state index in [-0.39, 0.29) is 18.6 Å². The van der Waals surface area contributed by atoms with Gasteiger partial charge in [-0.3, -0.25) is 4.79 Å². The summed E-state index contributed by atoms with van der Waals surface area (Å²) in [4.78, 5) is 14.1. The van der Waals surface area contributed by atoms with Crippen molar-refractivity contribution >= 4 is 11.6 Å². The molecule has 4 heteroatoms. The van der Waals surface area contributed by atoms with Crippen LogP contribution in [0.1, 0.15) is 31.7 Å². The molecular formula is C15H22N2O2. The first kappa shape index (κ1) is 14.0. The van der Waals surface area contributed by atoms with Gasteiger partial charge in [-0.25, -0.2) is 0 Å². The van der Waals surface area contributed by atoms with Crippen molar-refractivity contribution in [2.75, 3.05) is 24.6 Å². The van der Waals surface area contributed by atoms with Crippen molar-refractivity contribution in [3.05, 3.63) is 29.8 Å². The Balaban J connectivity index is 2.13. The lowest BCUT2D eigenvalue weighted by Gasteiger charge is -2.18. The van der Waals surface area contributed by atoms with Crippen molar-refractivity contribution in [1.82, 2.24) is 0 Å². The molecule has 4 nitrogen and oxygen atoms in total. The minimum atomic E-state index is 0.0284. The van der Waals surface area contributed by atoms with Crippen LogP contribution in [0.3, 0.4) is 0 Å². The van der Waals surface area contributed by atoms with Crippen LogP contribution in [-0.2, 0) is 9.53 Å². The molecule has 19 heavy (non-hydrogen) atoms. The third-order valence-electron chi connectivity index (χ3n) is 3.43. The lowest BCUT2D eigenvalue weighted by Crippen LogP contribution is -2.34. The second-order valence-corrected chi connectivity index (χ2v) is 5.20. The van der Waals surface area contributed by atoms with Gasteiger partial charge < -0.3 is 15.4 Å². The maximum Gasteiger partial charge on any atom is 0.253 e. The van der Waals surface area contributed by atoms with Crippen LogP contribution in [0.4, 0.5) is 5.69 Å². The molecule has 1 aliphatic rings. The molecule has 1 aromatic rings. The standard InChI is InChI=1S/C15H22N2O2/c1-11(2)19-10-15(18)17-9-12(7-8-16)13-5-3-4-6-14(13)17/h3-6,11-12H,7-10,16H2,1-2H3. The Morgan fingerprint density at radius 1 is 1.47 bits per heavy atom. The molecule has 1 amide bonds. The predicted octanol–water partition coefficient (Wildman–Crippen LogP) is 1.89. The highest BCUT2D eigenvalue weighted by Gasteiger charge is 2.31. The number of nitrogens with two attached hydrogens (primary N) is 1. The smallest absolute Gasteiger partial charge is 0.253 e. The summed E-state index contributed by atoms with van der Waals surface area (Å²) in [7, 11) is 0. The summed E-state index contributed by atoms with van der Waals surface area (Å²) in [6, 6.07) is 8.07. The SMILES string of the molecule is CC(C)OCC(=O)N1CC(CCN)c2ccccc21. The van der Waals surface area contributed by atoms with E-state index < -0.39 is 0 Å². The van der Waals surface area contributed by atoms with Crippen LogP contribution in [0, 0.1) is 0 Å². The van der Waals surface area contributed by atoms with E-state index in [1.807, 2.05) is 36.9 Å². The molecular weight excluding hydrogens is 240 g/mol. The molecule has 1 aromatic carbocycles. The first-order valence-electron chi connectivity index (χ1n) is 6.84. The minimum Gasteiger partial charge on any atom is -0.369 e. The lowest BCUT2D eigenvalue weighted by atomic mass is 9.98. The Kier molecular flexibility index (Phi) is 4.56. The van der Waals surface area contributed by atoms with E-state index in [1.165, 1.54) is 5.56 Å². The Morgan fingerprint density at radius 2 is 2.21 bits per heavy atom. The third-order valence-corrected chi connectivity index (χ3v) is 3.43. The van der Waals surface area contributed by atoms with Gasteiger partial charge in [-0.1, -0.05) is 18.2 Å². The molecule has 2 N–H and O–H groups in total. The number of hydrogen-bond donors (Lipinski definition) is 1. The average Bonchev–Trinajstić information content (AvgIpc) is 2.76. The van der Waals surface area contributed by atoms with Gasteiger partial charge in [0, 0.05) is 18.2 Å². The number of amides is 1. The maximum atomic E-state index is 12.2. The summed E-state index contributed by atoms with van der Waals surface area (Å²) in [5, 5.41) is 0. The number of ether oxygens (including phenoxy) is 1. The highest BCUT2D eigenvalue weighted by Crippen LogP contribution is 2.37. The molecule has 2 rings (SSSR count). The number of hydrogen-bond acceptors (Lipinski definition) is 3. The highest BCUT2D eigenvalue weighted by molar-refractivity contribution is 5.96. The number of fused-ring (bicyclic) bond motifs is 1. The van der Waals surface area contributed by atoms with Crippen molar-refractivity contribution in [2.24, 2.45) is 5.73 Å². The Hall–Kier alpha value is -1.39. The molecule has 0 bridgehead atoms. The number of rotatable bonds is 5. The van der Waals surface area contributed by atoms with Crippen LogP contribution >= 0.6 is 0 Å². The van der Waals surface area contributed by atoms with Gasteiger partial charge in [-0.15, -0.1) is 0 Å². The van der Waals surface area contributed by atoms with Crippen LogP contribution in [0.5, 0.6) is 0 Å². The highest BCUT2D eigenvalue weighted by atomic mass is 16.5. The lowest BCUT2D eigenvalue weighted by molar-refractivity contribution is -0.124. The zero-order chi connectivity index (χ0) is 13.8. The van der Waals surface area contributed by atoms with E-state index in [0.29, 0.717) is 12.5 Å². The molecule has 0 saturated heterocycles. The van der Waals surface area contributed by atoms with E-state index in [9.17, 15) is 4.79 Å². The molecule has 1 atom stereocenters. The zero-order valence-corrected chi connectivity index (χ0v) is 11.6. The number of anilines is 1. The monoisotopic (exact) mass is 262 g/mol. The summed E-state index contributed by atoms with van der Waals surface area (Å²) >= 11 is 0. The number of benzene rings is 1. The molecule has 0 spiro atoms. The van der Waals surface area contributed by atoms with Gasteiger partial charge >= 0.3 is 0 Å². The van der Waals surface area contributed by atoms with Gasteiger partial charge in [0.05, 0.1) is 6.10 Å². The molecule has 0 fully saturated rings. The van der Waals surface area contributed by atoms with E-state index in [2.05, 4.69) is 6.07 Å². The molecule has 0 aliphatic carbocycles. The number of nitrogens with zero attached hydrogens (tertiary/aromatic N) is 1. The summed E-state index contributed by atoms with van der Waals surface area (Å²) in [5.74, 6) is 0.380. The van der Waals surface area contributed by atoms with Gasteiger partial charge in [0.1, 0.15) is 6.61 Å². The van der Waals surface area contributed by atoms with Crippen molar-refractivity contribution in [1.29, 1.82) is 0 Å². The van der Waals surface area contributed by atoms with Gasteiger partial charge in [-0.2, -0.15) is 0 Å². The quantitative estimate of drug-likeness (QED) is 0.881. The topological polar surface area (TPSA) is 55.6 Å². The van der Waals surface area contributed by atoms with Gasteiger partial charge in [0.2, 0.25) is 0 Å². The fourth-order valence-electron chi connectivity index (χ4n) is 2.50. The van der Waals surface area contributed by atoms with Gasteiger partial charge in [0.15, 0.2) is 0 Å². The summed E-state index contributed by atoms with van der Waals surface area (Å²) in [6.45, 7) is 5.37. The Morgan fingerprint density at radius 3 is 2.89 bits per heavy atom. The van der Waals surface area contributed by atoms with Crippen LogP contribution in [0.25, 0.3) is 0 Å². The molecule has 0 radical (unpaired) electrons. The van der Waals surface area contributed by atoms with E-state index in [0.717, 1.165) is 18.7 Å². The molecule has 104 valence electrons. The minimum absolute atomic E-state index is 0.0284. The van der Waals surface area contributed by atoms with Gasteiger partial charge in [0.25, 0.3) is 5.91 Å².